The average molecular weight is 399 g/mol. The van der Waals surface area contributed by atoms with Gasteiger partial charge in [-0.15, -0.1) is 0 Å². The van der Waals surface area contributed by atoms with Crippen molar-refractivity contribution in [2.45, 2.75) is 26.3 Å². The molecule has 0 fully saturated rings. The van der Waals surface area contributed by atoms with Crippen molar-refractivity contribution in [3.8, 4) is 0 Å². The Morgan fingerprint density at radius 3 is 2.72 bits per heavy atom. The number of aldehydes is 1. The minimum absolute atomic E-state index is 0.120. The van der Waals surface area contributed by atoms with Crippen LogP contribution in [0.1, 0.15) is 35.7 Å². The highest BCUT2D eigenvalue weighted by Gasteiger charge is 2.13. The lowest BCUT2D eigenvalue weighted by Gasteiger charge is -2.14. The molecule has 25 heavy (non-hydrogen) atoms. The van der Waals surface area contributed by atoms with Crippen LogP contribution in [0.15, 0.2) is 53.1 Å². The summed E-state index contributed by atoms with van der Waals surface area (Å²) in [5.74, 6) is 0.202. The van der Waals surface area contributed by atoms with E-state index in [1.165, 1.54) is 0 Å². The molecule has 0 bridgehead atoms. The van der Waals surface area contributed by atoms with Crippen molar-refractivity contribution < 1.29 is 9.59 Å². The predicted molar refractivity (Wildman–Crippen MR) is 104 cm³/mol. The number of nitrogens with one attached hydrogen (secondary N) is 1. The number of anilines is 1. The van der Waals surface area contributed by atoms with Crippen molar-refractivity contribution in [2.24, 2.45) is 0 Å². The number of para-hydroxylation sites is 1. The number of amides is 1. The molecule has 128 valence electrons. The molecule has 3 aromatic rings. The van der Waals surface area contributed by atoms with Gasteiger partial charge in [-0.1, -0.05) is 48.0 Å². The van der Waals surface area contributed by atoms with E-state index in [0.29, 0.717) is 11.5 Å². The Balaban J connectivity index is 1.87. The van der Waals surface area contributed by atoms with E-state index in [-0.39, 0.29) is 12.5 Å². The predicted octanol–water partition coefficient (Wildman–Crippen LogP) is 4.98. The highest BCUT2D eigenvalue weighted by Crippen LogP contribution is 2.26. The molecule has 5 heteroatoms. The summed E-state index contributed by atoms with van der Waals surface area (Å²) in [4.78, 5) is 23.8. The third-order valence-corrected chi connectivity index (χ3v) is 4.67. The maximum Gasteiger partial charge on any atom is 0.244 e. The number of rotatable bonds is 5. The second kappa shape index (κ2) is 7.23. The van der Waals surface area contributed by atoms with Crippen LogP contribution in [0.2, 0.25) is 0 Å². The topological polar surface area (TPSA) is 51.1 Å². The van der Waals surface area contributed by atoms with E-state index in [2.05, 4.69) is 35.1 Å². The summed E-state index contributed by atoms with van der Waals surface area (Å²) < 4.78 is 2.70. The minimum atomic E-state index is -0.120. The Labute approximate surface area is 155 Å². The van der Waals surface area contributed by atoms with Crippen molar-refractivity contribution in [3.63, 3.8) is 0 Å². The summed E-state index contributed by atoms with van der Waals surface area (Å²) in [7, 11) is 0. The fraction of sp³-hybridized carbons (Fsp3) is 0.200. The first kappa shape index (κ1) is 17.4. The smallest absolute Gasteiger partial charge is 0.244 e. The molecule has 1 heterocycles. The van der Waals surface area contributed by atoms with Gasteiger partial charge in [0, 0.05) is 32.8 Å². The van der Waals surface area contributed by atoms with E-state index >= 15 is 0 Å². The van der Waals surface area contributed by atoms with Gasteiger partial charge < -0.3 is 9.88 Å². The Kier molecular flexibility index (Phi) is 5.04. The summed E-state index contributed by atoms with van der Waals surface area (Å²) in [6, 6.07) is 13.5. The fourth-order valence-corrected chi connectivity index (χ4v) is 3.34. The molecule has 1 amide bonds. The minimum Gasteiger partial charge on any atom is -0.337 e. The first-order valence-corrected chi connectivity index (χ1v) is 8.91. The van der Waals surface area contributed by atoms with Gasteiger partial charge in [-0.2, -0.15) is 0 Å². The zero-order chi connectivity index (χ0) is 18.0. The molecular weight excluding hydrogens is 380 g/mol. The van der Waals surface area contributed by atoms with Crippen LogP contribution in [0.25, 0.3) is 10.9 Å². The number of carbonyl (C=O) groups is 2. The van der Waals surface area contributed by atoms with Crippen molar-refractivity contribution in [1.29, 1.82) is 0 Å². The zero-order valence-corrected chi connectivity index (χ0v) is 15.7. The van der Waals surface area contributed by atoms with Gasteiger partial charge >= 0.3 is 0 Å². The van der Waals surface area contributed by atoms with Gasteiger partial charge in [0.05, 0.1) is 0 Å². The molecule has 0 saturated heterocycles. The number of hydrogen-bond donors (Lipinski definition) is 1. The highest BCUT2D eigenvalue weighted by atomic mass is 79.9. The van der Waals surface area contributed by atoms with Gasteiger partial charge in [0.15, 0.2) is 6.29 Å². The van der Waals surface area contributed by atoms with Crippen molar-refractivity contribution in [3.05, 3.63) is 64.3 Å². The van der Waals surface area contributed by atoms with Gasteiger partial charge in [-0.05, 0) is 35.7 Å². The van der Waals surface area contributed by atoms with Crippen molar-refractivity contribution >= 4 is 44.7 Å². The van der Waals surface area contributed by atoms with Crippen LogP contribution < -0.4 is 5.32 Å². The molecule has 0 unspecified atom stereocenters. The summed E-state index contributed by atoms with van der Waals surface area (Å²) >= 11 is 3.42. The molecule has 0 spiro atoms. The summed E-state index contributed by atoms with van der Waals surface area (Å²) in [6.45, 7) is 4.34. The Morgan fingerprint density at radius 2 is 2.00 bits per heavy atom. The first-order chi connectivity index (χ1) is 12.0. The normalized spacial score (nSPS) is 11.0. The monoisotopic (exact) mass is 398 g/mol. The molecule has 0 aliphatic heterocycles. The number of aromatic nitrogens is 1. The van der Waals surface area contributed by atoms with Crippen LogP contribution in [-0.4, -0.2) is 16.8 Å². The van der Waals surface area contributed by atoms with Crippen molar-refractivity contribution in [1.82, 2.24) is 4.57 Å². The van der Waals surface area contributed by atoms with E-state index in [1.807, 2.05) is 42.5 Å². The highest BCUT2D eigenvalue weighted by molar-refractivity contribution is 9.10. The van der Waals surface area contributed by atoms with Gasteiger partial charge in [0.25, 0.3) is 0 Å². The van der Waals surface area contributed by atoms with Gasteiger partial charge in [0.1, 0.15) is 6.54 Å². The van der Waals surface area contributed by atoms with E-state index in [4.69, 9.17) is 0 Å². The molecule has 2 aromatic carbocycles. The fourth-order valence-electron chi connectivity index (χ4n) is 2.98. The maximum atomic E-state index is 12.5. The number of carbonyl (C=O) groups excluding carboxylic acids is 2. The molecule has 4 nitrogen and oxygen atoms in total. The number of nitrogens with zero attached hydrogens (tertiary/aromatic N) is 1. The van der Waals surface area contributed by atoms with Crippen molar-refractivity contribution in [2.75, 3.05) is 5.32 Å². The molecule has 1 aromatic heterocycles. The van der Waals surface area contributed by atoms with Gasteiger partial charge in [0.2, 0.25) is 5.91 Å². The Hall–Kier alpha value is -2.40. The SMILES string of the molecule is CC(C)c1ccccc1NC(=O)Cn1cc(C=O)c2cc(Br)ccc21. The average Bonchev–Trinajstić information content (AvgIpc) is 2.91. The Bertz CT molecular complexity index is 944. The van der Waals surface area contributed by atoms with E-state index in [0.717, 1.165) is 32.9 Å². The van der Waals surface area contributed by atoms with Gasteiger partial charge in [-0.3, -0.25) is 9.59 Å². The second-order valence-electron chi connectivity index (χ2n) is 6.28. The standard InChI is InChI=1S/C20H19BrN2O2/c1-13(2)16-5-3-4-6-18(16)22-20(25)11-23-10-14(12-24)17-9-15(21)7-8-19(17)23/h3-10,12-13H,11H2,1-2H3,(H,22,25). The second-order valence-corrected chi connectivity index (χ2v) is 7.20. The summed E-state index contributed by atoms with van der Waals surface area (Å²) in [5, 5.41) is 3.82. The third kappa shape index (κ3) is 3.66. The van der Waals surface area contributed by atoms with Crippen LogP contribution in [0.5, 0.6) is 0 Å². The van der Waals surface area contributed by atoms with Crippen LogP contribution >= 0.6 is 15.9 Å². The van der Waals surface area contributed by atoms with E-state index in [9.17, 15) is 9.59 Å². The maximum absolute atomic E-state index is 12.5. The van der Waals surface area contributed by atoms with Crippen LogP contribution in [-0.2, 0) is 11.3 Å². The largest absolute Gasteiger partial charge is 0.337 e. The van der Waals surface area contributed by atoms with Crippen LogP contribution in [0, 0.1) is 0 Å². The number of halogens is 1. The lowest BCUT2D eigenvalue weighted by Crippen LogP contribution is -2.19. The quantitative estimate of drug-likeness (QED) is 0.616. The lowest BCUT2D eigenvalue weighted by molar-refractivity contribution is -0.116. The number of benzene rings is 2. The van der Waals surface area contributed by atoms with E-state index in [1.54, 1.807) is 10.8 Å². The first-order valence-electron chi connectivity index (χ1n) is 8.12. The molecule has 0 saturated carbocycles. The number of fused-ring (bicyclic) bond motifs is 1. The molecule has 0 aliphatic rings. The summed E-state index contributed by atoms with van der Waals surface area (Å²) in [5.41, 5.74) is 3.37. The van der Waals surface area contributed by atoms with E-state index < -0.39 is 0 Å². The molecule has 0 aliphatic carbocycles. The summed E-state index contributed by atoms with van der Waals surface area (Å²) in [6.07, 6.45) is 2.54. The van der Waals surface area contributed by atoms with Gasteiger partial charge in [-0.25, -0.2) is 0 Å². The molecule has 0 atom stereocenters. The van der Waals surface area contributed by atoms with Crippen LogP contribution in [0.3, 0.4) is 0 Å². The lowest BCUT2D eigenvalue weighted by atomic mass is 10.0. The number of hydrogen-bond acceptors (Lipinski definition) is 2. The zero-order valence-electron chi connectivity index (χ0n) is 14.1. The molecule has 3 rings (SSSR count). The Morgan fingerprint density at radius 1 is 1.24 bits per heavy atom. The third-order valence-electron chi connectivity index (χ3n) is 4.17. The molecule has 1 N–H and O–H groups in total. The van der Waals surface area contributed by atoms with Crippen LogP contribution in [0.4, 0.5) is 5.69 Å². The molecular formula is C20H19BrN2O2. The molecule has 0 radical (unpaired) electrons.